The van der Waals surface area contributed by atoms with Crippen LogP contribution in [0.1, 0.15) is 27.2 Å². The van der Waals surface area contributed by atoms with Crippen molar-refractivity contribution in [2.24, 2.45) is 0 Å². The zero-order valence-corrected chi connectivity index (χ0v) is 23.4. The second kappa shape index (κ2) is 20.9. The SMILES string of the molecule is CC(C)(C)OC(=O)CCOCCOCCOCCOCCOCCOCCNc1ccc([N+](=O)[O-])cc1[N+](=O)[O-]. The quantitative estimate of drug-likeness (QED) is 0.0823. The molecule has 1 N–H and O–H groups in total. The molecule has 15 heteroatoms. The Kier molecular flexibility index (Phi) is 18.3. The smallest absolute Gasteiger partial charge is 0.308 e. The molecule has 0 fully saturated rings. The molecule has 0 saturated carbocycles. The Morgan fingerprint density at radius 3 is 1.60 bits per heavy atom. The zero-order chi connectivity index (χ0) is 29.6. The first-order chi connectivity index (χ1) is 19.1. The van der Waals surface area contributed by atoms with Crippen molar-refractivity contribution in [3.63, 3.8) is 0 Å². The van der Waals surface area contributed by atoms with Gasteiger partial charge in [0.25, 0.3) is 11.4 Å². The third-order valence-electron chi connectivity index (χ3n) is 4.68. The van der Waals surface area contributed by atoms with Gasteiger partial charge >= 0.3 is 5.97 Å². The molecule has 0 atom stereocenters. The number of hydrogen-bond acceptors (Lipinski definition) is 13. The van der Waals surface area contributed by atoms with Crippen LogP contribution in [0.25, 0.3) is 0 Å². The van der Waals surface area contributed by atoms with E-state index in [0.29, 0.717) is 72.7 Å². The van der Waals surface area contributed by atoms with E-state index in [9.17, 15) is 25.0 Å². The summed E-state index contributed by atoms with van der Waals surface area (Å²) in [6.45, 7) is 10.3. The predicted molar refractivity (Wildman–Crippen MR) is 144 cm³/mol. The van der Waals surface area contributed by atoms with Gasteiger partial charge in [-0.3, -0.25) is 25.0 Å². The van der Waals surface area contributed by atoms with Crippen molar-refractivity contribution in [3.05, 3.63) is 38.4 Å². The maximum atomic E-state index is 11.5. The molecule has 0 aliphatic rings. The maximum absolute atomic E-state index is 11.5. The van der Waals surface area contributed by atoms with Crippen LogP contribution in [0.15, 0.2) is 18.2 Å². The van der Waals surface area contributed by atoms with Crippen LogP contribution < -0.4 is 5.32 Å². The molecule has 1 rings (SSSR count). The van der Waals surface area contributed by atoms with Crippen molar-refractivity contribution in [2.75, 3.05) is 91.1 Å². The van der Waals surface area contributed by atoms with Crippen LogP contribution in [0.2, 0.25) is 0 Å². The van der Waals surface area contributed by atoms with E-state index in [-0.39, 0.29) is 42.6 Å². The molecule has 0 aliphatic carbocycles. The van der Waals surface area contributed by atoms with E-state index in [1.54, 1.807) is 0 Å². The van der Waals surface area contributed by atoms with E-state index in [4.69, 9.17) is 33.2 Å². The Bertz CT molecular complexity index is 879. The minimum Gasteiger partial charge on any atom is -0.460 e. The molecule has 0 saturated heterocycles. The van der Waals surface area contributed by atoms with Gasteiger partial charge in [0.1, 0.15) is 11.3 Å². The Balaban J connectivity index is 1.85. The van der Waals surface area contributed by atoms with Gasteiger partial charge in [0.2, 0.25) is 0 Å². The summed E-state index contributed by atoms with van der Waals surface area (Å²) in [6.07, 6.45) is 0.209. The Labute approximate surface area is 233 Å². The van der Waals surface area contributed by atoms with Crippen LogP contribution in [0, 0.1) is 20.2 Å². The third kappa shape index (κ3) is 18.4. The number of nitro groups is 2. The Morgan fingerprint density at radius 1 is 0.725 bits per heavy atom. The van der Waals surface area contributed by atoms with Crippen molar-refractivity contribution >= 4 is 23.0 Å². The molecule has 0 spiro atoms. The number of benzene rings is 1. The van der Waals surface area contributed by atoms with Crippen LogP contribution >= 0.6 is 0 Å². The molecule has 0 radical (unpaired) electrons. The molecule has 0 bridgehead atoms. The molecular weight excluding hydrogens is 534 g/mol. The summed E-state index contributed by atoms with van der Waals surface area (Å²) in [5, 5.41) is 24.7. The summed E-state index contributed by atoms with van der Waals surface area (Å²) in [5.74, 6) is -0.286. The normalized spacial score (nSPS) is 11.4. The van der Waals surface area contributed by atoms with Crippen LogP contribution in [-0.2, 0) is 38.0 Å². The number of esters is 1. The molecule has 0 heterocycles. The Morgan fingerprint density at radius 2 is 1.18 bits per heavy atom. The van der Waals surface area contributed by atoms with Gasteiger partial charge in [-0.2, -0.15) is 0 Å². The van der Waals surface area contributed by atoms with E-state index in [0.717, 1.165) is 6.07 Å². The highest BCUT2D eigenvalue weighted by Crippen LogP contribution is 2.28. The molecule has 0 aliphatic heterocycles. The van der Waals surface area contributed by atoms with Gasteiger partial charge in [-0.1, -0.05) is 0 Å². The first kappa shape index (κ1) is 35.1. The fraction of sp³-hybridized carbons (Fsp3) is 0.720. The fourth-order valence-electron chi connectivity index (χ4n) is 2.94. The van der Waals surface area contributed by atoms with E-state index >= 15 is 0 Å². The molecule has 0 amide bonds. The number of nitrogens with one attached hydrogen (secondary N) is 1. The number of anilines is 1. The highest BCUT2D eigenvalue weighted by Gasteiger charge is 2.19. The Hall–Kier alpha value is -2.95. The zero-order valence-electron chi connectivity index (χ0n) is 23.4. The fourth-order valence-corrected chi connectivity index (χ4v) is 2.94. The number of hydrogen-bond donors (Lipinski definition) is 1. The number of non-ortho nitro benzene ring substituents is 1. The summed E-state index contributed by atoms with van der Waals surface area (Å²) < 4.78 is 37.5. The van der Waals surface area contributed by atoms with Crippen molar-refractivity contribution < 1.29 is 47.8 Å². The molecule has 1 aromatic rings. The first-order valence-corrected chi connectivity index (χ1v) is 12.9. The third-order valence-corrected chi connectivity index (χ3v) is 4.68. The summed E-state index contributed by atoms with van der Waals surface area (Å²) >= 11 is 0. The summed E-state index contributed by atoms with van der Waals surface area (Å²) in [5.41, 5.74) is -1.02. The van der Waals surface area contributed by atoms with Crippen LogP contribution in [0.4, 0.5) is 17.1 Å². The number of carbonyl (C=O) groups is 1. The molecule has 15 nitrogen and oxygen atoms in total. The highest BCUT2D eigenvalue weighted by atomic mass is 16.6. The van der Waals surface area contributed by atoms with Gasteiger partial charge in [-0.15, -0.1) is 0 Å². The average Bonchev–Trinajstić information content (AvgIpc) is 2.88. The lowest BCUT2D eigenvalue weighted by atomic mass is 10.2. The minimum absolute atomic E-state index is 0.183. The molecule has 228 valence electrons. The second-order valence-electron chi connectivity index (χ2n) is 9.15. The molecular formula is C25H41N3O12. The summed E-state index contributed by atoms with van der Waals surface area (Å²) in [4.78, 5) is 32.0. The van der Waals surface area contributed by atoms with Crippen molar-refractivity contribution in [2.45, 2.75) is 32.8 Å². The lowest BCUT2D eigenvalue weighted by Gasteiger charge is -2.19. The number of ether oxygens (including phenoxy) is 7. The second-order valence-corrected chi connectivity index (χ2v) is 9.15. The van der Waals surface area contributed by atoms with Gasteiger partial charge in [0.05, 0.1) is 102 Å². The van der Waals surface area contributed by atoms with E-state index in [1.807, 2.05) is 20.8 Å². The monoisotopic (exact) mass is 575 g/mol. The lowest BCUT2D eigenvalue weighted by Crippen LogP contribution is -2.24. The van der Waals surface area contributed by atoms with Gasteiger partial charge in [0, 0.05) is 12.6 Å². The van der Waals surface area contributed by atoms with Crippen molar-refractivity contribution in [3.8, 4) is 0 Å². The topological polar surface area (TPSA) is 180 Å². The van der Waals surface area contributed by atoms with Crippen molar-refractivity contribution in [1.29, 1.82) is 0 Å². The summed E-state index contributed by atoms with van der Waals surface area (Å²) in [7, 11) is 0. The van der Waals surface area contributed by atoms with E-state index in [2.05, 4.69) is 5.32 Å². The largest absolute Gasteiger partial charge is 0.460 e. The van der Waals surface area contributed by atoms with Gasteiger partial charge < -0.3 is 38.5 Å². The molecule has 0 unspecified atom stereocenters. The highest BCUT2D eigenvalue weighted by molar-refractivity contribution is 5.69. The number of nitro benzene ring substituents is 2. The maximum Gasteiger partial charge on any atom is 0.308 e. The first-order valence-electron chi connectivity index (χ1n) is 12.9. The number of nitrogens with zero attached hydrogens (tertiary/aromatic N) is 2. The molecule has 0 aromatic heterocycles. The lowest BCUT2D eigenvalue weighted by molar-refractivity contribution is -0.393. The van der Waals surface area contributed by atoms with Gasteiger partial charge in [-0.05, 0) is 26.8 Å². The van der Waals surface area contributed by atoms with Gasteiger partial charge in [0.15, 0.2) is 0 Å². The van der Waals surface area contributed by atoms with Crippen LogP contribution in [0.3, 0.4) is 0 Å². The number of carbonyl (C=O) groups excluding carboxylic acids is 1. The van der Waals surface area contributed by atoms with Crippen LogP contribution in [0.5, 0.6) is 0 Å². The molecule has 40 heavy (non-hydrogen) atoms. The van der Waals surface area contributed by atoms with E-state index < -0.39 is 15.4 Å². The van der Waals surface area contributed by atoms with Crippen LogP contribution in [-0.4, -0.2) is 107 Å². The average molecular weight is 576 g/mol. The van der Waals surface area contributed by atoms with Gasteiger partial charge in [-0.25, -0.2) is 0 Å². The molecule has 1 aromatic carbocycles. The minimum atomic E-state index is -0.685. The number of rotatable bonds is 24. The van der Waals surface area contributed by atoms with Crippen molar-refractivity contribution in [1.82, 2.24) is 0 Å². The standard InChI is InChI=1S/C25H41N3O12/c1-25(2,3)40-24(29)6-8-34-10-12-36-14-16-38-18-19-39-17-15-37-13-11-35-9-7-26-22-5-4-21(27(30)31)20-23(22)28(32)33/h4-5,20,26H,6-19H2,1-3H3. The summed E-state index contributed by atoms with van der Waals surface area (Å²) in [6, 6.07) is 3.41. The predicted octanol–water partition coefficient (Wildman–Crippen LogP) is 2.75. The van der Waals surface area contributed by atoms with E-state index in [1.165, 1.54) is 12.1 Å².